The van der Waals surface area contributed by atoms with Crippen molar-refractivity contribution in [1.82, 2.24) is 5.32 Å². The van der Waals surface area contributed by atoms with Crippen molar-refractivity contribution in [2.24, 2.45) is 0 Å². The Bertz CT molecular complexity index is 1020. The molecule has 0 aliphatic heterocycles. The number of halogens is 1. The van der Waals surface area contributed by atoms with Crippen LogP contribution in [0.15, 0.2) is 84.9 Å². The van der Waals surface area contributed by atoms with Crippen molar-refractivity contribution in [2.75, 3.05) is 11.9 Å². The molecule has 2 N–H and O–H groups in total. The van der Waals surface area contributed by atoms with Gasteiger partial charge in [-0.25, -0.2) is 4.39 Å². The second-order valence-electron chi connectivity index (χ2n) is 6.72. The van der Waals surface area contributed by atoms with Crippen molar-refractivity contribution in [3.63, 3.8) is 0 Å². The number of benzene rings is 3. The van der Waals surface area contributed by atoms with Crippen molar-refractivity contribution >= 4 is 23.5 Å². The lowest BCUT2D eigenvalue weighted by Crippen LogP contribution is -2.31. The Hall–Kier alpha value is -4.00. The van der Waals surface area contributed by atoms with E-state index in [0.717, 1.165) is 5.56 Å². The number of anilines is 1. The van der Waals surface area contributed by atoms with E-state index in [2.05, 4.69) is 10.6 Å². The maximum Gasteiger partial charge on any atom is 0.308 e. The summed E-state index contributed by atoms with van der Waals surface area (Å²) >= 11 is 0. The van der Waals surface area contributed by atoms with Crippen LogP contribution in [-0.2, 0) is 14.3 Å². The van der Waals surface area contributed by atoms with Gasteiger partial charge in [-0.15, -0.1) is 0 Å². The van der Waals surface area contributed by atoms with Crippen molar-refractivity contribution in [3.8, 4) is 0 Å². The molecule has 0 aliphatic rings. The van der Waals surface area contributed by atoms with Crippen molar-refractivity contribution < 1.29 is 23.5 Å². The quantitative estimate of drug-likeness (QED) is 0.542. The molecule has 0 spiro atoms. The third-order valence-electron chi connectivity index (χ3n) is 4.41. The average Bonchev–Trinajstić information content (AvgIpc) is 2.80. The number of carbonyl (C=O) groups excluding carboxylic acids is 3. The summed E-state index contributed by atoms with van der Waals surface area (Å²) in [6.45, 7) is -0.496. The molecule has 6 nitrogen and oxygen atoms in total. The van der Waals surface area contributed by atoms with Gasteiger partial charge >= 0.3 is 5.97 Å². The SMILES string of the molecule is O=C(COC(=O)C[C@H](NC(=O)c1ccccc1)c1ccccc1)Nc1ccc(F)cc1. The Morgan fingerprint density at radius 3 is 2.10 bits per heavy atom. The van der Waals surface area contributed by atoms with Crippen LogP contribution in [0.3, 0.4) is 0 Å². The maximum absolute atomic E-state index is 12.9. The van der Waals surface area contributed by atoms with E-state index in [-0.39, 0.29) is 12.3 Å². The second kappa shape index (κ2) is 10.7. The summed E-state index contributed by atoms with van der Waals surface area (Å²) in [5.74, 6) is -1.94. The molecule has 0 saturated carbocycles. The Morgan fingerprint density at radius 1 is 0.839 bits per heavy atom. The third-order valence-corrected chi connectivity index (χ3v) is 4.41. The van der Waals surface area contributed by atoms with E-state index in [9.17, 15) is 18.8 Å². The lowest BCUT2D eigenvalue weighted by atomic mass is 10.0. The van der Waals surface area contributed by atoms with Crippen LogP contribution >= 0.6 is 0 Å². The fourth-order valence-electron chi connectivity index (χ4n) is 2.87. The Morgan fingerprint density at radius 2 is 1.45 bits per heavy atom. The van der Waals surface area contributed by atoms with E-state index in [1.54, 1.807) is 54.6 Å². The van der Waals surface area contributed by atoms with Crippen molar-refractivity contribution in [3.05, 3.63) is 102 Å². The van der Waals surface area contributed by atoms with Gasteiger partial charge in [-0.3, -0.25) is 14.4 Å². The van der Waals surface area contributed by atoms with E-state index in [0.29, 0.717) is 11.3 Å². The van der Waals surface area contributed by atoms with Gasteiger partial charge in [0.25, 0.3) is 11.8 Å². The molecule has 0 fully saturated rings. The highest BCUT2D eigenvalue weighted by Crippen LogP contribution is 2.18. The van der Waals surface area contributed by atoms with Gasteiger partial charge in [-0.2, -0.15) is 0 Å². The zero-order chi connectivity index (χ0) is 22.1. The smallest absolute Gasteiger partial charge is 0.308 e. The molecular weight excluding hydrogens is 399 g/mol. The van der Waals surface area contributed by atoms with Gasteiger partial charge in [0.1, 0.15) is 5.82 Å². The fourth-order valence-corrected chi connectivity index (χ4v) is 2.87. The predicted octanol–water partition coefficient (Wildman–Crippen LogP) is 3.87. The topological polar surface area (TPSA) is 84.5 Å². The minimum absolute atomic E-state index is 0.146. The number of amides is 2. The Kier molecular flexibility index (Phi) is 7.48. The molecule has 0 heterocycles. The molecule has 31 heavy (non-hydrogen) atoms. The van der Waals surface area contributed by atoms with Gasteiger partial charge in [0.2, 0.25) is 0 Å². The molecule has 0 aliphatic carbocycles. The van der Waals surface area contributed by atoms with Gasteiger partial charge < -0.3 is 15.4 Å². The second-order valence-corrected chi connectivity index (χ2v) is 6.72. The number of hydrogen-bond donors (Lipinski definition) is 2. The van der Waals surface area contributed by atoms with E-state index in [1.165, 1.54) is 24.3 Å². The lowest BCUT2D eigenvalue weighted by Gasteiger charge is -2.19. The first-order chi connectivity index (χ1) is 15.0. The molecule has 3 rings (SSSR count). The van der Waals surface area contributed by atoms with Crippen molar-refractivity contribution in [2.45, 2.75) is 12.5 Å². The molecule has 0 aromatic heterocycles. The minimum Gasteiger partial charge on any atom is -0.455 e. The molecule has 0 bridgehead atoms. The normalized spacial score (nSPS) is 11.3. The maximum atomic E-state index is 12.9. The highest BCUT2D eigenvalue weighted by atomic mass is 19.1. The van der Waals surface area contributed by atoms with Gasteiger partial charge in [-0.1, -0.05) is 48.5 Å². The van der Waals surface area contributed by atoms with Gasteiger partial charge in [-0.05, 0) is 42.0 Å². The molecule has 0 radical (unpaired) electrons. The first-order valence-electron chi connectivity index (χ1n) is 9.63. The van der Waals surface area contributed by atoms with Crippen LogP contribution in [0.2, 0.25) is 0 Å². The summed E-state index contributed by atoms with van der Waals surface area (Å²) in [6, 6.07) is 22.3. The number of nitrogens with one attached hydrogen (secondary N) is 2. The average molecular weight is 420 g/mol. The number of ether oxygens (including phenoxy) is 1. The molecule has 7 heteroatoms. The van der Waals surface area contributed by atoms with E-state index >= 15 is 0 Å². The summed E-state index contributed by atoms with van der Waals surface area (Å²) in [5, 5.41) is 5.35. The first kappa shape index (κ1) is 21.7. The Labute approximate surface area is 179 Å². The van der Waals surface area contributed by atoms with Crippen LogP contribution in [0, 0.1) is 5.82 Å². The fraction of sp³-hybridized carbons (Fsp3) is 0.125. The van der Waals surface area contributed by atoms with Gasteiger partial charge in [0, 0.05) is 11.3 Å². The molecule has 0 saturated heterocycles. The summed E-state index contributed by atoms with van der Waals surface area (Å²) in [7, 11) is 0. The van der Waals surface area contributed by atoms with E-state index in [1.807, 2.05) is 6.07 Å². The highest BCUT2D eigenvalue weighted by molar-refractivity contribution is 5.95. The molecule has 3 aromatic rings. The summed E-state index contributed by atoms with van der Waals surface area (Å²) in [5.41, 5.74) is 1.59. The van der Waals surface area contributed by atoms with Crippen LogP contribution < -0.4 is 10.6 Å². The van der Waals surface area contributed by atoms with Crippen LogP contribution in [0.25, 0.3) is 0 Å². The standard InChI is InChI=1S/C24H21FN2O4/c25-19-11-13-20(14-12-19)26-22(28)16-31-23(29)15-21(17-7-3-1-4-8-17)27-24(30)18-9-5-2-6-10-18/h1-14,21H,15-16H2,(H,26,28)(H,27,30)/t21-/m0/s1. The lowest BCUT2D eigenvalue weighted by molar-refractivity contribution is -0.147. The molecular formula is C24H21FN2O4. The molecule has 0 unspecified atom stereocenters. The van der Waals surface area contributed by atoms with E-state index in [4.69, 9.17) is 4.74 Å². The minimum atomic E-state index is -0.642. The first-order valence-corrected chi connectivity index (χ1v) is 9.63. The Balaban J connectivity index is 1.58. The van der Waals surface area contributed by atoms with Crippen LogP contribution in [0.1, 0.15) is 28.4 Å². The molecule has 158 valence electrons. The molecule has 3 aromatic carbocycles. The van der Waals surface area contributed by atoms with Crippen LogP contribution in [0.5, 0.6) is 0 Å². The monoisotopic (exact) mass is 420 g/mol. The number of esters is 1. The van der Waals surface area contributed by atoms with Crippen LogP contribution in [-0.4, -0.2) is 24.4 Å². The summed E-state index contributed by atoms with van der Waals surface area (Å²) in [6.07, 6.45) is -0.146. The summed E-state index contributed by atoms with van der Waals surface area (Å²) in [4.78, 5) is 36.9. The highest BCUT2D eigenvalue weighted by Gasteiger charge is 2.20. The predicted molar refractivity (Wildman–Crippen MR) is 114 cm³/mol. The zero-order valence-electron chi connectivity index (χ0n) is 16.6. The molecule has 1 atom stereocenters. The molecule has 2 amide bonds. The number of hydrogen-bond acceptors (Lipinski definition) is 4. The van der Waals surface area contributed by atoms with Crippen LogP contribution in [0.4, 0.5) is 10.1 Å². The van der Waals surface area contributed by atoms with Gasteiger partial charge in [0.05, 0.1) is 12.5 Å². The largest absolute Gasteiger partial charge is 0.455 e. The zero-order valence-corrected chi connectivity index (χ0v) is 16.6. The number of rotatable bonds is 8. The van der Waals surface area contributed by atoms with Gasteiger partial charge in [0.15, 0.2) is 6.61 Å². The van der Waals surface area contributed by atoms with Crippen molar-refractivity contribution in [1.29, 1.82) is 0 Å². The van der Waals surface area contributed by atoms with E-state index < -0.39 is 30.3 Å². The summed E-state index contributed by atoms with van der Waals surface area (Å²) < 4.78 is 18.0. The number of carbonyl (C=O) groups is 3. The third kappa shape index (κ3) is 6.78.